The van der Waals surface area contributed by atoms with Gasteiger partial charge in [0.15, 0.2) is 5.78 Å². The number of benzene rings is 1. The Morgan fingerprint density at radius 1 is 1.02 bits per heavy atom. The summed E-state index contributed by atoms with van der Waals surface area (Å²) in [5.41, 5.74) is 1.27. The maximum absolute atomic E-state index is 13.5. The molecular formula is C32H27ClN6O3S. The fourth-order valence-electron chi connectivity index (χ4n) is 4.10. The first-order chi connectivity index (χ1) is 20.6. The number of Topliss-reactive ketones (excluding diaryl/α,β-unsaturated/α-hetero) is 1. The number of hydrogen-bond donors (Lipinski definition) is 1. The summed E-state index contributed by atoms with van der Waals surface area (Å²) in [5.74, 6) is 6.12. The van der Waals surface area contributed by atoms with Crippen molar-refractivity contribution in [1.29, 1.82) is 0 Å². The molecule has 0 radical (unpaired) electrons. The highest BCUT2D eigenvalue weighted by atomic mass is 35.5. The third-order valence-electron chi connectivity index (χ3n) is 6.35. The molecule has 0 saturated carbocycles. The number of hydrogen-bond acceptors (Lipinski definition) is 8. The number of ketones is 1. The third kappa shape index (κ3) is 7.15. The lowest BCUT2D eigenvalue weighted by Crippen LogP contribution is -2.29. The number of carbonyl (C=O) groups is 2. The van der Waals surface area contributed by atoms with Crippen molar-refractivity contribution in [1.82, 2.24) is 24.5 Å². The van der Waals surface area contributed by atoms with Gasteiger partial charge in [0.05, 0.1) is 35.5 Å². The van der Waals surface area contributed by atoms with Crippen molar-refractivity contribution in [2.24, 2.45) is 5.41 Å². The van der Waals surface area contributed by atoms with Crippen LogP contribution in [0.1, 0.15) is 51.9 Å². The molecule has 0 saturated heterocycles. The highest BCUT2D eigenvalue weighted by Crippen LogP contribution is 2.29. The third-order valence-corrected chi connectivity index (χ3v) is 7.58. The van der Waals surface area contributed by atoms with Crippen LogP contribution < -0.4 is 10.9 Å². The predicted molar refractivity (Wildman–Crippen MR) is 167 cm³/mol. The van der Waals surface area contributed by atoms with E-state index in [4.69, 9.17) is 11.6 Å². The second-order valence-electron chi connectivity index (χ2n) is 10.7. The first-order valence-corrected chi connectivity index (χ1v) is 14.5. The average molecular weight is 611 g/mol. The first-order valence-electron chi connectivity index (χ1n) is 13.3. The lowest BCUT2D eigenvalue weighted by molar-refractivity contribution is 0.0752. The Bertz CT molecular complexity index is 1910. The van der Waals surface area contributed by atoms with E-state index in [-0.39, 0.29) is 18.2 Å². The summed E-state index contributed by atoms with van der Waals surface area (Å²) in [7, 11) is 0. The van der Waals surface area contributed by atoms with E-state index in [0.29, 0.717) is 39.1 Å². The molecule has 0 amide bonds. The van der Waals surface area contributed by atoms with Gasteiger partial charge >= 0.3 is 0 Å². The number of nitrogens with zero attached hydrogens (tertiary/aromatic N) is 5. The van der Waals surface area contributed by atoms with Crippen molar-refractivity contribution in [3.63, 3.8) is 0 Å². The second-order valence-corrected chi connectivity index (χ2v) is 12.5. The fourth-order valence-corrected chi connectivity index (χ4v) is 5.13. The van der Waals surface area contributed by atoms with Gasteiger partial charge < -0.3 is 9.88 Å². The molecule has 216 valence electrons. The normalized spacial score (nSPS) is 11.1. The van der Waals surface area contributed by atoms with Gasteiger partial charge in [-0.05, 0) is 30.3 Å². The Morgan fingerprint density at radius 3 is 2.49 bits per heavy atom. The van der Waals surface area contributed by atoms with E-state index < -0.39 is 11.0 Å². The van der Waals surface area contributed by atoms with Crippen molar-refractivity contribution in [2.75, 3.05) is 5.32 Å². The number of halogens is 1. The standard InChI is InChI=1S/C32H27ClN6O3S/c1-32(2,3)31(42)39-29(34-18-24-11-12-28(33)43-24)16-26(37-39)25-19-38(20-27(40)23-13-14-35-36-17-23)30(41)15-22(25)10-9-21-7-5-4-6-8-21/h4-8,11-17,19,34H,18,20H2,1-3H3. The minimum absolute atomic E-state index is 0.226. The Balaban J connectivity index is 1.61. The molecule has 5 rings (SSSR count). The van der Waals surface area contributed by atoms with Crippen LogP contribution in [-0.4, -0.2) is 36.2 Å². The molecule has 0 aliphatic carbocycles. The van der Waals surface area contributed by atoms with Crippen LogP contribution in [0.2, 0.25) is 4.34 Å². The van der Waals surface area contributed by atoms with Crippen LogP contribution in [0.3, 0.4) is 0 Å². The zero-order valence-corrected chi connectivity index (χ0v) is 25.2. The van der Waals surface area contributed by atoms with E-state index in [1.54, 1.807) is 18.3 Å². The van der Waals surface area contributed by atoms with E-state index in [2.05, 4.69) is 32.5 Å². The molecule has 0 bridgehead atoms. The Morgan fingerprint density at radius 2 is 1.81 bits per heavy atom. The molecule has 9 nitrogen and oxygen atoms in total. The van der Waals surface area contributed by atoms with Crippen LogP contribution in [0.5, 0.6) is 0 Å². The van der Waals surface area contributed by atoms with E-state index in [0.717, 1.165) is 10.4 Å². The fraction of sp³-hybridized carbons (Fsp3) is 0.188. The molecule has 4 heterocycles. The summed E-state index contributed by atoms with van der Waals surface area (Å²) in [5, 5.41) is 15.4. The van der Waals surface area contributed by atoms with Crippen LogP contribution in [0.4, 0.5) is 5.82 Å². The van der Waals surface area contributed by atoms with Crippen molar-refractivity contribution in [3.8, 4) is 23.1 Å². The maximum Gasteiger partial charge on any atom is 0.254 e. The summed E-state index contributed by atoms with van der Waals surface area (Å²) in [6.45, 7) is 5.65. The van der Waals surface area contributed by atoms with E-state index in [9.17, 15) is 14.4 Å². The molecule has 0 spiro atoms. The number of aromatic nitrogens is 5. The van der Waals surface area contributed by atoms with Crippen molar-refractivity contribution in [3.05, 3.63) is 116 Å². The van der Waals surface area contributed by atoms with Crippen molar-refractivity contribution < 1.29 is 9.59 Å². The summed E-state index contributed by atoms with van der Waals surface area (Å²) >= 11 is 7.55. The second kappa shape index (κ2) is 12.6. The highest BCUT2D eigenvalue weighted by molar-refractivity contribution is 7.16. The molecule has 5 aromatic rings. The van der Waals surface area contributed by atoms with Gasteiger partial charge in [0, 0.05) is 50.9 Å². The minimum Gasteiger partial charge on any atom is -0.365 e. The van der Waals surface area contributed by atoms with Gasteiger partial charge in [-0.2, -0.15) is 20.0 Å². The van der Waals surface area contributed by atoms with Gasteiger partial charge in [0.2, 0.25) is 0 Å². The average Bonchev–Trinajstić information content (AvgIpc) is 3.61. The van der Waals surface area contributed by atoms with E-state index in [1.807, 2.05) is 63.2 Å². The first kappa shape index (κ1) is 29.6. The largest absolute Gasteiger partial charge is 0.365 e. The molecule has 1 N–H and O–H groups in total. The molecule has 0 aliphatic heterocycles. The van der Waals surface area contributed by atoms with Gasteiger partial charge in [-0.25, -0.2) is 0 Å². The lowest BCUT2D eigenvalue weighted by atomic mass is 9.96. The number of thiophene rings is 1. The minimum atomic E-state index is -0.730. The Kier molecular flexibility index (Phi) is 8.66. The van der Waals surface area contributed by atoms with Crippen LogP contribution in [0.15, 0.2) is 84.0 Å². The zero-order valence-electron chi connectivity index (χ0n) is 23.7. The molecule has 0 atom stereocenters. The molecule has 0 aliphatic rings. The molecule has 1 aromatic carbocycles. The Labute approximate surface area is 257 Å². The summed E-state index contributed by atoms with van der Waals surface area (Å²) in [6, 6.07) is 17.8. The topological polar surface area (TPSA) is 112 Å². The SMILES string of the molecule is CC(C)(C)C(=O)n1nc(-c2cn(CC(=O)c3ccnnc3)c(=O)cc2C#Cc2ccccc2)cc1NCc1ccc(Cl)s1. The van der Waals surface area contributed by atoms with Crippen molar-refractivity contribution >= 4 is 40.4 Å². The number of nitrogens with one attached hydrogen (secondary N) is 1. The molecule has 43 heavy (non-hydrogen) atoms. The predicted octanol–water partition coefficient (Wildman–Crippen LogP) is 5.80. The monoisotopic (exact) mass is 610 g/mol. The van der Waals surface area contributed by atoms with Gasteiger partial charge in [-0.3, -0.25) is 14.4 Å². The lowest BCUT2D eigenvalue weighted by Gasteiger charge is -2.18. The van der Waals surface area contributed by atoms with Crippen LogP contribution in [0, 0.1) is 17.3 Å². The summed E-state index contributed by atoms with van der Waals surface area (Å²) in [4.78, 5) is 40.6. The zero-order chi connectivity index (χ0) is 30.6. The molecule has 0 unspecified atom stereocenters. The number of carbonyl (C=O) groups excluding carboxylic acids is 2. The molecule has 11 heteroatoms. The molecule has 0 fully saturated rings. The summed E-state index contributed by atoms with van der Waals surface area (Å²) < 4.78 is 3.30. The smallest absolute Gasteiger partial charge is 0.254 e. The Hall–Kier alpha value is -4.85. The highest BCUT2D eigenvalue weighted by Gasteiger charge is 2.27. The number of anilines is 1. The van der Waals surface area contributed by atoms with Crippen LogP contribution >= 0.6 is 22.9 Å². The van der Waals surface area contributed by atoms with Crippen LogP contribution in [0.25, 0.3) is 11.3 Å². The molecular weight excluding hydrogens is 584 g/mol. The summed E-state index contributed by atoms with van der Waals surface area (Å²) in [6.07, 6.45) is 4.33. The number of pyridine rings is 1. The van der Waals surface area contributed by atoms with Gasteiger partial charge in [0.1, 0.15) is 5.82 Å². The maximum atomic E-state index is 13.5. The van der Waals surface area contributed by atoms with E-state index in [1.165, 1.54) is 39.0 Å². The van der Waals surface area contributed by atoms with E-state index >= 15 is 0 Å². The van der Waals surface area contributed by atoms with Crippen molar-refractivity contribution in [2.45, 2.75) is 33.9 Å². The quantitative estimate of drug-likeness (QED) is 0.183. The van der Waals surface area contributed by atoms with Crippen LogP contribution in [-0.2, 0) is 13.1 Å². The van der Waals surface area contributed by atoms with Gasteiger partial charge in [0.25, 0.3) is 11.5 Å². The molecule has 4 aromatic heterocycles. The number of rotatable bonds is 7. The van der Waals surface area contributed by atoms with Gasteiger partial charge in [-0.15, -0.1) is 11.3 Å². The van der Waals surface area contributed by atoms with Gasteiger partial charge in [-0.1, -0.05) is 62.4 Å².